The number of esters is 1. The van der Waals surface area contributed by atoms with E-state index in [2.05, 4.69) is 4.74 Å². The highest BCUT2D eigenvalue weighted by molar-refractivity contribution is 5.73. The molecule has 0 atom stereocenters. The number of nitrogens with zero attached hydrogens (tertiary/aromatic N) is 1. The standard InChI is InChI=1S/C24H25F4NO3/c1-31-23(30)18-12-29(13-18)11-17-6-7-19(10-22(17)25)32-14-15-5-8-20(16-3-2-4-16)21(9-15)24(26,27)28/h5-10,16,18H,2-4,11-14H2,1H3. The van der Waals surface area contributed by atoms with Gasteiger partial charge in [-0.25, -0.2) is 4.39 Å². The van der Waals surface area contributed by atoms with Crippen LogP contribution in [0.2, 0.25) is 0 Å². The van der Waals surface area contributed by atoms with Gasteiger partial charge in [0.2, 0.25) is 0 Å². The van der Waals surface area contributed by atoms with Crippen LogP contribution in [0.25, 0.3) is 0 Å². The lowest BCUT2D eigenvalue weighted by atomic mass is 9.78. The second-order valence-corrected chi connectivity index (χ2v) is 8.50. The van der Waals surface area contributed by atoms with Gasteiger partial charge in [0.1, 0.15) is 18.2 Å². The van der Waals surface area contributed by atoms with Crippen molar-refractivity contribution in [2.45, 2.75) is 44.5 Å². The molecule has 2 aliphatic rings. The first-order valence-electron chi connectivity index (χ1n) is 10.7. The number of halogens is 4. The number of hydrogen-bond donors (Lipinski definition) is 0. The Morgan fingerprint density at radius 2 is 1.88 bits per heavy atom. The van der Waals surface area contributed by atoms with Crippen molar-refractivity contribution in [3.05, 3.63) is 64.5 Å². The Morgan fingerprint density at radius 3 is 2.47 bits per heavy atom. The fraction of sp³-hybridized carbons (Fsp3) is 0.458. The van der Waals surface area contributed by atoms with E-state index in [1.165, 1.54) is 13.2 Å². The normalized spacial score (nSPS) is 17.5. The summed E-state index contributed by atoms with van der Waals surface area (Å²) in [6.07, 6.45) is -1.90. The zero-order chi connectivity index (χ0) is 22.9. The van der Waals surface area contributed by atoms with E-state index in [1.54, 1.807) is 24.3 Å². The van der Waals surface area contributed by atoms with Gasteiger partial charge in [-0.2, -0.15) is 13.2 Å². The molecule has 0 amide bonds. The molecule has 0 N–H and O–H groups in total. The van der Waals surface area contributed by atoms with Crippen LogP contribution >= 0.6 is 0 Å². The van der Waals surface area contributed by atoms with Crippen LogP contribution < -0.4 is 4.74 Å². The van der Waals surface area contributed by atoms with E-state index in [1.807, 2.05) is 4.90 Å². The Labute approximate surface area is 184 Å². The molecular weight excluding hydrogens is 426 g/mol. The summed E-state index contributed by atoms with van der Waals surface area (Å²) in [6.45, 7) is 1.31. The summed E-state index contributed by atoms with van der Waals surface area (Å²) in [5.41, 5.74) is 0.595. The molecule has 0 radical (unpaired) electrons. The van der Waals surface area contributed by atoms with Gasteiger partial charge in [0.15, 0.2) is 0 Å². The average Bonchev–Trinajstić information content (AvgIpc) is 2.68. The molecule has 4 rings (SSSR count). The minimum Gasteiger partial charge on any atom is -0.489 e. The van der Waals surface area contributed by atoms with E-state index in [9.17, 15) is 22.4 Å². The Bertz CT molecular complexity index is 982. The molecule has 2 aromatic carbocycles. The number of carbonyl (C=O) groups is 1. The maximum absolute atomic E-state index is 14.5. The molecule has 32 heavy (non-hydrogen) atoms. The van der Waals surface area contributed by atoms with E-state index in [-0.39, 0.29) is 30.2 Å². The van der Waals surface area contributed by atoms with Gasteiger partial charge in [-0.05, 0) is 42.0 Å². The van der Waals surface area contributed by atoms with Crippen LogP contribution in [0.5, 0.6) is 5.75 Å². The van der Waals surface area contributed by atoms with Gasteiger partial charge in [-0.1, -0.05) is 24.6 Å². The predicted octanol–water partition coefficient (Wildman–Crippen LogP) is 5.30. The number of likely N-dealkylation sites (tertiary alicyclic amines) is 1. The van der Waals surface area contributed by atoms with Gasteiger partial charge in [-0.15, -0.1) is 0 Å². The highest BCUT2D eigenvalue weighted by Crippen LogP contribution is 2.43. The summed E-state index contributed by atoms with van der Waals surface area (Å²) in [5, 5.41) is 0. The van der Waals surface area contributed by atoms with Crippen LogP contribution in [0, 0.1) is 11.7 Å². The van der Waals surface area contributed by atoms with Crippen molar-refractivity contribution in [3.8, 4) is 5.75 Å². The first-order chi connectivity index (χ1) is 15.2. The van der Waals surface area contributed by atoms with Gasteiger partial charge < -0.3 is 9.47 Å². The molecule has 0 unspecified atom stereocenters. The second kappa shape index (κ2) is 9.10. The SMILES string of the molecule is COC(=O)C1CN(Cc2ccc(OCc3ccc(C4CCC4)c(C(F)(F)F)c3)cc2F)C1. The summed E-state index contributed by atoms with van der Waals surface area (Å²) >= 11 is 0. The van der Waals surface area contributed by atoms with E-state index in [0.717, 1.165) is 25.3 Å². The molecule has 1 saturated heterocycles. The van der Waals surface area contributed by atoms with Crippen molar-refractivity contribution in [2.75, 3.05) is 20.2 Å². The number of ether oxygens (including phenoxy) is 2. The molecule has 2 fully saturated rings. The molecule has 2 aromatic rings. The first-order valence-corrected chi connectivity index (χ1v) is 10.7. The van der Waals surface area contributed by atoms with Gasteiger partial charge in [0.05, 0.1) is 18.6 Å². The molecule has 1 aliphatic carbocycles. The summed E-state index contributed by atoms with van der Waals surface area (Å²) in [6, 6.07) is 8.76. The van der Waals surface area contributed by atoms with Crippen LogP contribution in [0.15, 0.2) is 36.4 Å². The van der Waals surface area contributed by atoms with Crippen molar-refractivity contribution >= 4 is 5.97 Å². The minimum absolute atomic E-state index is 0.0301. The van der Waals surface area contributed by atoms with Crippen LogP contribution in [0.1, 0.15) is 47.4 Å². The third kappa shape index (κ3) is 4.90. The predicted molar refractivity (Wildman–Crippen MR) is 110 cm³/mol. The monoisotopic (exact) mass is 451 g/mol. The minimum atomic E-state index is -4.42. The molecule has 8 heteroatoms. The third-order valence-electron chi connectivity index (χ3n) is 6.28. The van der Waals surface area contributed by atoms with Gasteiger partial charge in [0.25, 0.3) is 0 Å². The Balaban J connectivity index is 1.37. The zero-order valence-electron chi connectivity index (χ0n) is 17.8. The summed E-state index contributed by atoms with van der Waals surface area (Å²) in [5.74, 6) is -0.681. The molecule has 0 aromatic heterocycles. The summed E-state index contributed by atoms with van der Waals surface area (Å²) < 4.78 is 65.3. The topological polar surface area (TPSA) is 38.8 Å². The number of hydrogen-bond acceptors (Lipinski definition) is 4. The molecule has 0 bridgehead atoms. The Morgan fingerprint density at radius 1 is 1.12 bits per heavy atom. The molecule has 1 aliphatic heterocycles. The van der Waals surface area contributed by atoms with E-state index in [0.29, 0.717) is 36.3 Å². The smallest absolute Gasteiger partial charge is 0.416 e. The maximum atomic E-state index is 14.5. The van der Waals surface area contributed by atoms with E-state index >= 15 is 0 Å². The lowest BCUT2D eigenvalue weighted by Crippen LogP contribution is -2.50. The highest BCUT2D eigenvalue weighted by atomic mass is 19.4. The van der Waals surface area contributed by atoms with Crippen molar-refractivity contribution < 1.29 is 31.8 Å². The fourth-order valence-corrected chi connectivity index (χ4v) is 4.18. The molecule has 4 nitrogen and oxygen atoms in total. The van der Waals surface area contributed by atoms with Crippen LogP contribution in [-0.2, 0) is 28.9 Å². The van der Waals surface area contributed by atoms with Crippen molar-refractivity contribution in [2.24, 2.45) is 5.92 Å². The summed E-state index contributed by atoms with van der Waals surface area (Å²) in [4.78, 5) is 13.4. The fourth-order valence-electron chi connectivity index (χ4n) is 4.18. The zero-order valence-corrected chi connectivity index (χ0v) is 17.8. The maximum Gasteiger partial charge on any atom is 0.416 e. The van der Waals surface area contributed by atoms with E-state index in [4.69, 9.17) is 4.74 Å². The largest absolute Gasteiger partial charge is 0.489 e. The van der Waals surface area contributed by atoms with Crippen molar-refractivity contribution in [1.29, 1.82) is 0 Å². The lowest BCUT2D eigenvalue weighted by molar-refractivity contribution is -0.151. The van der Waals surface area contributed by atoms with Gasteiger partial charge >= 0.3 is 12.1 Å². The van der Waals surface area contributed by atoms with Crippen LogP contribution in [-0.4, -0.2) is 31.1 Å². The van der Waals surface area contributed by atoms with Crippen LogP contribution in [0.3, 0.4) is 0 Å². The number of alkyl halides is 3. The van der Waals surface area contributed by atoms with Crippen molar-refractivity contribution in [3.63, 3.8) is 0 Å². The second-order valence-electron chi connectivity index (χ2n) is 8.50. The Hall–Kier alpha value is -2.61. The third-order valence-corrected chi connectivity index (χ3v) is 6.28. The van der Waals surface area contributed by atoms with Gasteiger partial charge in [-0.3, -0.25) is 9.69 Å². The number of carbonyl (C=O) groups excluding carboxylic acids is 1. The van der Waals surface area contributed by atoms with Crippen molar-refractivity contribution in [1.82, 2.24) is 4.90 Å². The van der Waals surface area contributed by atoms with E-state index < -0.39 is 17.6 Å². The molecule has 1 heterocycles. The highest BCUT2D eigenvalue weighted by Gasteiger charge is 2.37. The molecule has 172 valence electrons. The quantitative estimate of drug-likeness (QED) is 0.423. The summed E-state index contributed by atoms with van der Waals surface area (Å²) in [7, 11) is 1.34. The Kier molecular flexibility index (Phi) is 6.42. The van der Waals surface area contributed by atoms with Gasteiger partial charge in [0, 0.05) is 31.3 Å². The molecular formula is C24H25F4NO3. The molecule has 0 spiro atoms. The number of methoxy groups -OCH3 is 1. The average molecular weight is 451 g/mol. The first kappa shape index (κ1) is 22.6. The molecule has 1 saturated carbocycles. The lowest BCUT2D eigenvalue weighted by Gasteiger charge is -2.37. The number of rotatable bonds is 7. The number of benzene rings is 2. The van der Waals surface area contributed by atoms with Crippen LogP contribution in [0.4, 0.5) is 17.6 Å².